The number of hydrogen-bond acceptors (Lipinski definition) is 2. The molecule has 0 bridgehead atoms. The van der Waals surface area contributed by atoms with Gasteiger partial charge in [-0.05, 0) is 42.7 Å². The van der Waals surface area contributed by atoms with E-state index < -0.39 is 12.3 Å². The smallest absolute Gasteiger partial charge is 0.418 e. The molecule has 1 aromatic carbocycles. The molecule has 0 aliphatic carbocycles. The molecule has 0 spiro atoms. The van der Waals surface area contributed by atoms with Crippen LogP contribution >= 0.6 is 0 Å². The number of halogens is 3. The van der Waals surface area contributed by atoms with Gasteiger partial charge in [-0.25, -0.2) is 0 Å². The van der Waals surface area contributed by atoms with E-state index in [1.807, 2.05) is 0 Å². The molecule has 90 valence electrons. The van der Waals surface area contributed by atoms with Crippen LogP contribution in [0.15, 0.2) is 12.1 Å². The summed E-state index contributed by atoms with van der Waals surface area (Å²) >= 11 is 0. The van der Waals surface area contributed by atoms with E-state index in [2.05, 4.69) is 0 Å². The first-order valence-corrected chi connectivity index (χ1v) is 4.67. The van der Waals surface area contributed by atoms with E-state index in [1.165, 1.54) is 19.2 Å². The van der Waals surface area contributed by atoms with E-state index in [1.54, 1.807) is 13.8 Å². The molecule has 0 aliphatic rings. The minimum atomic E-state index is -4.65. The number of alkyl halides is 3. The van der Waals surface area contributed by atoms with Crippen molar-refractivity contribution in [2.24, 2.45) is 0 Å². The summed E-state index contributed by atoms with van der Waals surface area (Å²) in [4.78, 5) is 0. The molecule has 16 heavy (non-hydrogen) atoms. The Hall–Kier alpha value is -1.23. The molecule has 0 aliphatic heterocycles. The maximum absolute atomic E-state index is 12.3. The Morgan fingerprint density at radius 2 is 1.62 bits per heavy atom. The van der Waals surface area contributed by atoms with Crippen LogP contribution in [0.25, 0.3) is 0 Å². The number of methoxy groups -OCH3 is 1. The molecule has 1 aromatic rings. The van der Waals surface area contributed by atoms with Crippen LogP contribution in [0.4, 0.5) is 13.2 Å². The molecule has 0 fully saturated rings. The van der Waals surface area contributed by atoms with Gasteiger partial charge in [0.2, 0.25) is 0 Å². The first kappa shape index (κ1) is 12.8. The number of benzene rings is 1. The van der Waals surface area contributed by atoms with Gasteiger partial charge in [0.1, 0.15) is 5.75 Å². The van der Waals surface area contributed by atoms with Crippen molar-refractivity contribution in [2.45, 2.75) is 26.1 Å². The fourth-order valence-corrected chi connectivity index (χ4v) is 1.65. The fraction of sp³-hybridized carbons (Fsp3) is 0.455. The molecule has 0 saturated carbocycles. The topological polar surface area (TPSA) is 29.5 Å². The molecule has 0 saturated heterocycles. The van der Waals surface area contributed by atoms with Crippen molar-refractivity contribution in [3.8, 4) is 5.75 Å². The van der Waals surface area contributed by atoms with Crippen molar-refractivity contribution < 1.29 is 23.0 Å². The lowest BCUT2D eigenvalue weighted by atomic mass is 10.0. The molecular weight excluding hydrogens is 221 g/mol. The second kappa shape index (κ2) is 4.33. The third kappa shape index (κ3) is 2.47. The number of aliphatic hydroxyl groups is 1. The molecule has 1 atom stereocenters. The SMILES string of the molecule is COc1c(C)cc(C(O)C(F)(F)F)cc1C. The third-order valence-electron chi connectivity index (χ3n) is 2.31. The quantitative estimate of drug-likeness (QED) is 0.852. The zero-order chi connectivity index (χ0) is 12.5. The molecule has 0 heterocycles. The molecule has 0 aromatic heterocycles. The van der Waals surface area contributed by atoms with E-state index in [0.717, 1.165) is 0 Å². The highest BCUT2D eigenvalue weighted by Gasteiger charge is 2.39. The van der Waals surface area contributed by atoms with E-state index >= 15 is 0 Å². The Bertz CT molecular complexity index is 362. The van der Waals surface area contributed by atoms with Gasteiger partial charge in [0.05, 0.1) is 7.11 Å². The van der Waals surface area contributed by atoms with Gasteiger partial charge in [-0.3, -0.25) is 0 Å². The second-order valence-electron chi connectivity index (χ2n) is 3.63. The van der Waals surface area contributed by atoms with Crippen molar-refractivity contribution in [3.63, 3.8) is 0 Å². The lowest BCUT2D eigenvalue weighted by molar-refractivity contribution is -0.206. The number of rotatable bonds is 2. The van der Waals surface area contributed by atoms with Crippen LogP contribution in [0.2, 0.25) is 0 Å². The molecule has 2 nitrogen and oxygen atoms in total. The van der Waals surface area contributed by atoms with Crippen molar-refractivity contribution in [1.29, 1.82) is 0 Å². The molecule has 1 N–H and O–H groups in total. The van der Waals surface area contributed by atoms with Gasteiger partial charge in [0.15, 0.2) is 6.10 Å². The second-order valence-corrected chi connectivity index (χ2v) is 3.63. The number of hydrogen-bond donors (Lipinski definition) is 1. The number of aryl methyl sites for hydroxylation is 2. The summed E-state index contributed by atoms with van der Waals surface area (Å²) in [5, 5.41) is 9.10. The van der Waals surface area contributed by atoms with Crippen molar-refractivity contribution in [2.75, 3.05) is 7.11 Å². The van der Waals surface area contributed by atoms with Crippen LogP contribution < -0.4 is 4.74 Å². The summed E-state index contributed by atoms with van der Waals surface area (Å²) in [6.07, 6.45) is -7.09. The van der Waals surface area contributed by atoms with Gasteiger partial charge in [0.25, 0.3) is 0 Å². The number of aliphatic hydroxyl groups excluding tert-OH is 1. The molecule has 0 radical (unpaired) electrons. The van der Waals surface area contributed by atoms with Gasteiger partial charge < -0.3 is 9.84 Å². The fourth-order valence-electron chi connectivity index (χ4n) is 1.65. The Labute approximate surface area is 91.7 Å². The lowest BCUT2D eigenvalue weighted by Gasteiger charge is -2.17. The van der Waals surface area contributed by atoms with Crippen LogP contribution in [0.3, 0.4) is 0 Å². The average molecular weight is 234 g/mol. The van der Waals surface area contributed by atoms with Gasteiger partial charge in [-0.2, -0.15) is 13.2 Å². The van der Waals surface area contributed by atoms with E-state index in [9.17, 15) is 13.2 Å². The standard InChI is InChI=1S/C11H13F3O2/c1-6-4-8(10(15)11(12,13)14)5-7(2)9(6)16-3/h4-5,10,15H,1-3H3. The summed E-state index contributed by atoms with van der Waals surface area (Å²) in [5.74, 6) is 0.540. The van der Waals surface area contributed by atoms with E-state index in [-0.39, 0.29) is 5.56 Å². The van der Waals surface area contributed by atoms with E-state index in [4.69, 9.17) is 9.84 Å². The largest absolute Gasteiger partial charge is 0.496 e. The van der Waals surface area contributed by atoms with Crippen molar-refractivity contribution in [3.05, 3.63) is 28.8 Å². The van der Waals surface area contributed by atoms with Crippen LogP contribution in [0, 0.1) is 13.8 Å². The Morgan fingerprint density at radius 1 is 1.19 bits per heavy atom. The van der Waals surface area contributed by atoms with Crippen molar-refractivity contribution in [1.82, 2.24) is 0 Å². The predicted octanol–water partition coefficient (Wildman–Crippen LogP) is 2.91. The Morgan fingerprint density at radius 3 is 1.94 bits per heavy atom. The van der Waals surface area contributed by atoms with Gasteiger partial charge >= 0.3 is 6.18 Å². The highest BCUT2D eigenvalue weighted by molar-refractivity contribution is 5.44. The average Bonchev–Trinajstić information content (AvgIpc) is 2.14. The zero-order valence-corrected chi connectivity index (χ0v) is 9.22. The zero-order valence-electron chi connectivity index (χ0n) is 9.22. The maximum Gasteiger partial charge on any atom is 0.418 e. The summed E-state index contributed by atoms with van der Waals surface area (Å²) in [6.45, 7) is 3.27. The number of ether oxygens (including phenoxy) is 1. The van der Waals surface area contributed by atoms with Gasteiger partial charge in [-0.1, -0.05) is 0 Å². The Balaban J connectivity index is 3.19. The summed E-state index contributed by atoms with van der Waals surface area (Å²) in [7, 11) is 1.45. The summed E-state index contributed by atoms with van der Waals surface area (Å²) < 4.78 is 41.9. The minimum absolute atomic E-state index is 0.164. The maximum atomic E-state index is 12.3. The highest BCUT2D eigenvalue weighted by Crippen LogP contribution is 2.35. The minimum Gasteiger partial charge on any atom is -0.496 e. The van der Waals surface area contributed by atoms with Gasteiger partial charge in [0, 0.05) is 0 Å². The Kier molecular flexibility index (Phi) is 3.48. The molecular formula is C11H13F3O2. The first-order chi connectivity index (χ1) is 7.27. The van der Waals surface area contributed by atoms with E-state index in [0.29, 0.717) is 16.9 Å². The molecule has 0 amide bonds. The normalized spacial score (nSPS) is 13.7. The highest BCUT2D eigenvalue weighted by atomic mass is 19.4. The van der Waals surface area contributed by atoms with Crippen LogP contribution in [0.1, 0.15) is 22.8 Å². The molecule has 1 unspecified atom stereocenters. The summed E-state index contributed by atoms with van der Waals surface area (Å²) in [6, 6.07) is 2.56. The lowest BCUT2D eigenvalue weighted by Crippen LogP contribution is -2.20. The molecule has 1 rings (SSSR count). The summed E-state index contributed by atoms with van der Waals surface area (Å²) in [5.41, 5.74) is 0.977. The first-order valence-electron chi connectivity index (χ1n) is 4.67. The monoisotopic (exact) mass is 234 g/mol. The van der Waals surface area contributed by atoms with Gasteiger partial charge in [-0.15, -0.1) is 0 Å². The van der Waals surface area contributed by atoms with Crippen LogP contribution in [-0.4, -0.2) is 18.4 Å². The molecule has 5 heteroatoms. The third-order valence-corrected chi connectivity index (χ3v) is 2.31. The van der Waals surface area contributed by atoms with Crippen LogP contribution in [-0.2, 0) is 0 Å². The predicted molar refractivity (Wildman–Crippen MR) is 53.5 cm³/mol. The van der Waals surface area contributed by atoms with Crippen molar-refractivity contribution >= 4 is 0 Å². The van der Waals surface area contributed by atoms with Crippen LogP contribution in [0.5, 0.6) is 5.75 Å².